The van der Waals surface area contributed by atoms with Gasteiger partial charge < -0.3 is 24.4 Å². The molecule has 1 aromatic rings. The molecule has 0 spiro atoms. The summed E-state index contributed by atoms with van der Waals surface area (Å²) in [4.78, 5) is 35.1. The predicted molar refractivity (Wildman–Crippen MR) is 116 cm³/mol. The number of halogens is 1. The number of piperidine rings is 1. The number of carbonyl (C=O) groups excluding carboxylic acids is 2. The van der Waals surface area contributed by atoms with Gasteiger partial charge in [-0.05, 0) is 55.0 Å². The Morgan fingerprint density at radius 2 is 1.93 bits per heavy atom. The van der Waals surface area contributed by atoms with E-state index in [0.29, 0.717) is 30.1 Å². The van der Waals surface area contributed by atoms with E-state index in [1.54, 1.807) is 13.3 Å². The van der Waals surface area contributed by atoms with E-state index in [4.69, 9.17) is 14.2 Å². The number of rotatable bonds is 6. The van der Waals surface area contributed by atoms with Crippen molar-refractivity contribution in [3.8, 4) is 0 Å². The van der Waals surface area contributed by atoms with E-state index in [1.807, 2.05) is 25.7 Å². The van der Waals surface area contributed by atoms with Gasteiger partial charge in [0.1, 0.15) is 10.2 Å². The zero-order chi connectivity index (χ0) is 22.5. The van der Waals surface area contributed by atoms with E-state index < -0.39 is 17.7 Å². The molecule has 1 N–H and O–H groups in total. The Morgan fingerprint density at radius 1 is 1.30 bits per heavy atom. The molecule has 2 heterocycles. The normalized spacial score (nSPS) is 17.2. The van der Waals surface area contributed by atoms with Gasteiger partial charge >= 0.3 is 12.1 Å². The molecule has 0 saturated carbocycles. The second-order valence-corrected chi connectivity index (χ2v) is 9.46. The summed E-state index contributed by atoms with van der Waals surface area (Å²) in [5, 5.41) is 2.97. The van der Waals surface area contributed by atoms with Crippen molar-refractivity contribution >= 4 is 33.8 Å². The molecule has 0 radical (unpaired) electrons. The Hall–Kier alpha value is -1.94. The lowest BCUT2D eigenvalue weighted by molar-refractivity contribution is 0.0308. The lowest BCUT2D eigenvalue weighted by atomic mass is 9.74. The van der Waals surface area contributed by atoms with Crippen LogP contribution < -0.4 is 10.2 Å². The molecular formula is C20H31BrN4O5. The van der Waals surface area contributed by atoms with E-state index in [0.717, 1.165) is 12.8 Å². The Morgan fingerprint density at radius 3 is 2.47 bits per heavy atom. The molecule has 1 fully saturated rings. The topological polar surface area (TPSA) is 103 Å². The molecule has 1 unspecified atom stereocenters. The number of ether oxygens (including phenoxy) is 3. The van der Waals surface area contributed by atoms with Gasteiger partial charge in [-0.25, -0.2) is 19.6 Å². The van der Waals surface area contributed by atoms with Gasteiger partial charge in [-0.3, -0.25) is 0 Å². The van der Waals surface area contributed by atoms with Gasteiger partial charge in [-0.15, -0.1) is 0 Å². The highest BCUT2D eigenvalue weighted by Crippen LogP contribution is 2.37. The standard InChI is InChI=1S/C20H31BrN4O5/c1-19(2,3)30-18(27)23-13(12-28-5)20(4)7-9-25(10-8-20)16-15(17(26)29-6)24-14(21)11-22-16/h11,13H,7-10,12H2,1-6H3,(H,23,27). The third-order valence-corrected chi connectivity index (χ3v) is 5.56. The van der Waals surface area contributed by atoms with Gasteiger partial charge in [0.05, 0.1) is 26.0 Å². The highest BCUT2D eigenvalue weighted by Gasteiger charge is 2.40. The molecule has 9 nitrogen and oxygen atoms in total. The van der Waals surface area contributed by atoms with E-state index >= 15 is 0 Å². The fraction of sp³-hybridized carbons (Fsp3) is 0.700. The van der Waals surface area contributed by atoms with Crippen molar-refractivity contribution in [1.29, 1.82) is 0 Å². The van der Waals surface area contributed by atoms with Crippen molar-refractivity contribution in [1.82, 2.24) is 15.3 Å². The SMILES string of the molecule is COCC(NC(=O)OC(C)(C)C)C1(C)CCN(c2ncc(Br)nc2C(=O)OC)CC1. The highest BCUT2D eigenvalue weighted by molar-refractivity contribution is 9.10. The second-order valence-electron chi connectivity index (χ2n) is 8.65. The molecule has 1 aliphatic rings. The summed E-state index contributed by atoms with van der Waals surface area (Å²) in [6.45, 7) is 9.28. The van der Waals surface area contributed by atoms with Crippen molar-refractivity contribution in [2.75, 3.05) is 38.8 Å². The van der Waals surface area contributed by atoms with Crippen LogP contribution >= 0.6 is 15.9 Å². The van der Waals surface area contributed by atoms with Gasteiger partial charge in [-0.1, -0.05) is 6.92 Å². The van der Waals surface area contributed by atoms with E-state index in [-0.39, 0.29) is 17.2 Å². The lowest BCUT2D eigenvalue weighted by Gasteiger charge is -2.44. The maximum atomic E-state index is 12.3. The molecular weight excluding hydrogens is 456 g/mol. The first kappa shape index (κ1) is 24.3. The molecule has 30 heavy (non-hydrogen) atoms. The van der Waals surface area contributed by atoms with Crippen LogP contribution in [0.25, 0.3) is 0 Å². The van der Waals surface area contributed by atoms with Crippen molar-refractivity contribution in [2.45, 2.75) is 52.2 Å². The number of hydrogen-bond donors (Lipinski definition) is 1. The fourth-order valence-electron chi connectivity index (χ4n) is 3.44. The van der Waals surface area contributed by atoms with Gasteiger partial charge in [0.25, 0.3) is 0 Å². The zero-order valence-corrected chi connectivity index (χ0v) is 20.0. The quantitative estimate of drug-likeness (QED) is 0.611. The summed E-state index contributed by atoms with van der Waals surface area (Å²) in [7, 11) is 2.93. The molecule has 168 valence electrons. The lowest BCUT2D eigenvalue weighted by Crippen LogP contribution is -2.54. The minimum Gasteiger partial charge on any atom is -0.464 e. The number of carbonyl (C=O) groups is 2. The van der Waals surface area contributed by atoms with Gasteiger partial charge in [0.2, 0.25) is 0 Å². The Kier molecular flexibility index (Phi) is 8.04. The third kappa shape index (κ3) is 6.28. The van der Waals surface area contributed by atoms with Crippen LogP contribution in [-0.4, -0.2) is 67.6 Å². The monoisotopic (exact) mass is 486 g/mol. The van der Waals surface area contributed by atoms with Gasteiger partial charge in [0.15, 0.2) is 11.5 Å². The summed E-state index contributed by atoms with van der Waals surface area (Å²) >= 11 is 3.25. The predicted octanol–water partition coefficient (Wildman–Crippen LogP) is 3.17. The molecule has 2 rings (SSSR count). The van der Waals surface area contributed by atoms with Crippen LogP contribution in [0.5, 0.6) is 0 Å². The Bertz CT molecular complexity index is 760. The summed E-state index contributed by atoms with van der Waals surface area (Å²) in [5.41, 5.74) is -0.607. The van der Waals surface area contributed by atoms with Gasteiger partial charge in [0, 0.05) is 20.2 Å². The average molecular weight is 487 g/mol. The van der Waals surface area contributed by atoms with Crippen LogP contribution in [0.15, 0.2) is 10.8 Å². The minimum atomic E-state index is -0.573. The first-order valence-corrected chi connectivity index (χ1v) is 10.6. The van der Waals surface area contributed by atoms with Crippen molar-refractivity contribution in [2.24, 2.45) is 5.41 Å². The third-order valence-electron chi connectivity index (χ3n) is 5.17. The summed E-state index contributed by atoms with van der Waals surface area (Å²) in [6, 6.07) is -0.212. The molecule has 1 amide bonds. The Balaban J connectivity index is 2.13. The van der Waals surface area contributed by atoms with Crippen LogP contribution in [0.2, 0.25) is 0 Å². The van der Waals surface area contributed by atoms with Crippen LogP contribution in [0, 0.1) is 5.41 Å². The zero-order valence-electron chi connectivity index (χ0n) is 18.5. The number of alkyl carbamates (subject to hydrolysis) is 1. The highest BCUT2D eigenvalue weighted by atomic mass is 79.9. The first-order valence-electron chi connectivity index (χ1n) is 9.83. The molecule has 0 aromatic carbocycles. The average Bonchev–Trinajstić information content (AvgIpc) is 2.66. The number of methoxy groups -OCH3 is 2. The largest absolute Gasteiger partial charge is 0.464 e. The number of esters is 1. The van der Waals surface area contributed by atoms with E-state index in [2.05, 4.69) is 38.1 Å². The second kappa shape index (κ2) is 9.91. The van der Waals surface area contributed by atoms with Crippen LogP contribution in [-0.2, 0) is 14.2 Å². The van der Waals surface area contributed by atoms with Crippen LogP contribution in [0.3, 0.4) is 0 Å². The summed E-state index contributed by atoms with van der Waals surface area (Å²) in [6.07, 6.45) is 2.62. The Labute approximate surface area is 186 Å². The molecule has 0 bridgehead atoms. The molecule has 1 aromatic heterocycles. The van der Waals surface area contributed by atoms with E-state index in [1.165, 1.54) is 7.11 Å². The summed E-state index contributed by atoms with van der Waals surface area (Å²) in [5.74, 6) is -0.0357. The number of amides is 1. The smallest absolute Gasteiger partial charge is 0.407 e. The molecule has 1 saturated heterocycles. The molecule has 1 atom stereocenters. The molecule has 1 aliphatic heterocycles. The fourth-order valence-corrected chi connectivity index (χ4v) is 3.72. The minimum absolute atomic E-state index is 0.177. The number of hydrogen-bond acceptors (Lipinski definition) is 8. The summed E-state index contributed by atoms with van der Waals surface area (Å²) < 4.78 is 16.1. The maximum absolute atomic E-state index is 12.3. The number of anilines is 1. The number of nitrogens with one attached hydrogen (secondary N) is 1. The molecule has 0 aliphatic carbocycles. The first-order chi connectivity index (χ1) is 14.0. The number of aromatic nitrogens is 2. The maximum Gasteiger partial charge on any atom is 0.407 e. The van der Waals surface area contributed by atoms with Crippen LogP contribution in [0.4, 0.5) is 10.6 Å². The van der Waals surface area contributed by atoms with Crippen molar-refractivity contribution in [3.63, 3.8) is 0 Å². The van der Waals surface area contributed by atoms with Crippen molar-refractivity contribution < 1.29 is 23.8 Å². The van der Waals surface area contributed by atoms with E-state index in [9.17, 15) is 9.59 Å². The molecule has 10 heteroatoms. The van der Waals surface area contributed by atoms with Crippen LogP contribution in [0.1, 0.15) is 51.0 Å². The number of nitrogens with zero attached hydrogens (tertiary/aromatic N) is 3. The van der Waals surface area contributed by atoms with Gasteiger partial charge in [-0.2, -0.15) is 0 Å². The van der Waals surface area contributed by atoms with Crippen molar-refractivity contribution in [3.05, 3.63) is 16.5 Å².